The van der Waals surface area contributed by atoms with Crippen LogP contribution in [0.25, 0.3) is 0 Å². The van der Waals surface area contributed by atoms with Gasteiger partial charge in [-0.25, -0.2) is 0 Å². The van der Waals surface area contributed by atoms with Gasteiger partial charge in [0.05, 0.1) is 0 Å². The van der Waals surface area contributed by atoms with Gasteiger partial charge < -0.3 is 10.5 Å². The highest BCUT2D eigenvalue weighted by molar-refractivity contribution is 5.09. The first-order valence-corrected chi connectivity index (χ1v) is 7.01. The molecule has 1 aliphatic heterocycles. The zero-order chi connectivity index (χ0) is 12.5. The fourth-order valence-corrected chi connectivity index (χ4v) is 3.11. The molecule has 1 heterocycles. The van der Waals surface area contributed by atoms with Crippen molar-refractivity contribution < 1.29 is 4.74 Å². The quantitative estimate of drug-likeness (QED) is 0.797. The molecule has 3 heteroatoms. The standard InChI is InChI=1S/C14H28N2O/c1-13(6-7-13)14(2,11-15)16(3)10-12-4-8-17-9-5-12/h12H,4-11,15H2,1-3H3. The average Bonchev–Trinajstić information content (AvgIpc) is 3.09. The van der Waals surface area contributed by atoms with Crippen molar-refractivity contribution in [2.45, 2.75) is 45.1 Å². The van der Waals surface area contributed by atoms with Gasteiger partial charge in [0.1, 0.15) is 0 Å². The van der Waals surface area contributed by atoms with Crippen LogP contribution in [0.1, 0.15) is 39.5 Å². The molecule has 1 saturated carbocycles. The molecule has 0 aromatic heterocycles. The van der Waals surface area contributed by atoms with Crippen LogP contribution in [0.4, 0.5) is 0 Å². The lowest BCUT2D eigenvalue weighted by atomic mass is 9.81. The van der Waals surface area contributed by atoms with Gasteiger partial charge >= 0.3 is 0 Å². The largest absolute Gasteiger partial charge is 0.381 e. The van der Waals surface area contributed by atoms with Gasteiger partial charge in [-0.2, -0.15) is 0 Å². The summed E-state index contributed by atoms with van der Waals surface area (Å²) in [6.45, 7) is 8.56. The Bertz CT molecular complexity index is 259. The van der Waals surface area contributed by atoms with E-state index in [2.05, 4.69) is 25.8 Å². The summed E-state index contributed by atoms with van der Waals surface area (Å²) in [5, 5.41) is 0. The fraction of sp³-hybridized carbons (Fsp3) is 1.00. The van der Waals surface area contributed by atoms with E-state index in [1.54, 1.807) is 0 Å². The molecular formula is C14H28N2O. The molecule has 100 valence electrons. The second-order valence-corrected chi connectivity index (χ2v) is 6.47. The zero-order valence-corrected chi connectivity index (χ0v) is 11.7. The summed E-state index contributed by atoms with van der Waals surface area (Å²) < 4.78 is 5.43. The summed E-state index contributed by atoms with van der Waals surface area (Å²) in [4.78, 5) is 2.52. The topological polar surface area (TPSA) is 38.5 Å². The Kier molecular flexibility index (Phi) is 3.81. The first-order chi connectivity index (χ1) is 8.02. The molecule has 0 aromatic rings. The van der Waals surface area contributed by atoms with Crippen LogP contribution in [-0.4, -0.2) is 43.8 Å². The molecule has 1 saturated heterocycles. The molecule has 2 rings (SSSR count). The lowest BCUT2D eigenvalue weighted by Gasteiger charge is -2.45. The Morgan fingerprint density at radius 2 is 1.94 bits per heavy atom. The van der Waals surface area contributed by atoms with Gasteiger partial charge in [-0.3, -0.25) is 4.90 Å². The van der Waals surface area contributed by atoms with E-state index in [-0.39, 0.29) is 5.54 Å². The first-order valence-electron chi connectivity index (χ1n) is 7.01. The number of hydrogen-bond donors (Lipinski definition) is 1. The third-order valence-electron chi connectivity index (χ3n) is 5.41. The molecule has 1 atom stereocenters. The summed E-state index contributed by atoms with van der Waals surface area (Å²) >= 11 is 0. The van der Waals surface area contributed by atoms with Crippen LogP contribution in [0.15, 0.2) is 0 Å². The maximum absolute atomic E-state index is 6.07. The lowest BCUT2D eigenvalue weighted by molar-refractivity contribution is 0.0180. The second kappa shape index (κ2) is 4.87. The molecule has 0 aromatic carbocycles. The van der Waals surface area contributed by atoms with Gasteiger partial charge in [0.15, 0.2) is 0 Å². The minimum atomic E-state index is 0.172. The predicted octanol–water partition coefficient (Wildman–Crippen LogP) is 1.86. The monoisotopic (exact) mass is 240 g/mol. The zero-order valence-electron chi connectivity index (χ0n) is 11.7. The molecule has 0 amide bonds. The van der Waals surface area contributed by atoms with Crippen LogP contribution in [-0.2, 0) is 4.74 Å². The van der Waals surface area contributed by atoms with E-state index in [9.17, 15) is 0 Å². The van der Waals surface area contributed by atoms with Crippen molar-refractivity contribution in [3.05, 3.63) is 0 Å². The smallest absolute Gasteiger partial charge is 0.0469 e. The Hall–Kier alpha value is -0.120. The number of nitrogens with two attached hydrogens (primary N) is 1. The Labute approximate surface area is 106 Å². The highest BCUT2D eigenvalue weighted by Gasteiger charge is 2.54. The van der Waals surface area contributed by atoms with Crippen molar-refractivity contribution in [2.75, 3.05) is 33.4 Å². The molecule has 2 N–H and O–H groups in total. The Morgan fingerprint density at radius 1 is 1.35 bits per heavy atom. The fourth-order valence-electron chi connectivity index (χ4n) is 3.11. The van der Waals surface area contributed by atoms with Crippen molar-refractivity contribution in [2.24, 2.45) is 17.1 Å². The highest BCUT2D eigenvalue weighted by Crippen LogP contribution is 2.55. The van der Waals surface area contributed by atoms with Gasteiger partial charge in [-0.1, -0.05) is 6.92 Å². The molecule has 0 bridgehead atoms. The third-order valence-corrected chi connectivity index (χ3v) is 5.41. The van der Waals surface area contributed by atoms with E-state index >= 15 is 0 Å². The molecule has 0 radical (unpaired) electrons. The van der Waals surface area contributed by atoms with Gasteiger partial charge in [0, 0.05) is 31.8 Å². The molecule has 2 fully saturated rings. The minimum absolute atomic E-state index is 0.172. The van der Waals surface area contributed by atoms with Crippen LogP contribution in [0.3, 0.4) is 0 Å². The van der Waals surface area contributed by atoms with Crippen LogP contribution < -0.4 is 5.73 Å². The second-order valence-electron chi connectivity index (χ2n) is 6.47. The maximum atomic E-state index is 6.07. The predicted molar refractivity (Wildman–Crippen MR) is 71.0 cm³/mol. The molecule has 0 spiro atoms. The summed E-state index contributed by atoms with van der Waals surface area (Å²) in [5.74, 6) is 0.793. The summed E-state index contributed by atoms with van der Waals surface area (Å²) in [6.07, 6.45) is 5.08. The molecule has 1 unspecified atom stereocenters. The van der Waals surface area contributed by atoms with E-state index in [1.165, 1.54) is 32.2 Å². The van der Waals surface area contributed by atoms with Gasteiger partial charge in [-0.05, 0) is 51.0 Å². The van der Waals surface area contributed by atoms with Crippen molar-refractivity contribution in [1.29, 1.82) is 0 Å². The third kappa shape index (κ3) is 2.51. The highest BCUT2D eigenvalue weighted by atomic mass is 16.5. The molecule has 3 nitrogen and oxygen atoms in total. The van der Waals surface area contributed by atoms with E-state index < -0.39 is 0 Å². The van der Waals surface area contributed by atoms with Crippen molar-refractivity contribution in [3.8, 4) is 0 Å². The van der Waals surface area contributed by atoms with Crippen LogP contribution >= 0.6 is 0 Å². The molecule has 2 aliphatic rings. The number of hydrogen-bond acceptors (Lipinski definition) is 3. The molecule has 17 heavy (non-hydrogen) atoms. The number of rotatable bonds is 5. The van der Waals surface area contributed by atoms with Crippen LogP contribution in [0, 0.1) is 11.3 Å². The number of nitrogens with zero attached hydrogens (tertiary/aromatic N) is 1. The van der Waals surface area contributed by atoms with E-state index in [0.717, 1.165) is 25.7 Å². The van der Waals surface area contributed by atoms with Crippen molar-refractivity contribution in [3.63, 3.8) is 0 Å². The van der Waals surface area contributed by atoms with Crippen LogP contribution in [0.2, 0.25) is 0 Å². The number of ether oxygens (including phenoxy) is 1. The molecule has 1 aliphatic carbocycles. The van der Waals surface area contributed by atoms with Gasteiger partial charge in [-0.15, -0.1) is 0 Å². The average molecular weight is 240 g/mol. The maximum Gasteiger partial charge on any atom is 0.0469 e. The summed E-state index contributed by atoms with van der Waals surface area (Å²) in [6, 6.07) is 0. The van der Waals surface area contributed by atoms with E-state index in [4.69, 9.17) is 10.5 Å². The minimum Gasteiger partial charge on any atom is -0.381 e. The number of likely N-dealkylation sites (N-methyl/N-ethyl adjacent to an activating group) is 1. The van der Waals surface area contributed by atoms with Crippen LogP contribution in [0.5, 0.6) is 0 Å². The van der Waals surface area contributed by atoms with Gasteiger partial charge in [0.2, 0.25) is 0 Å². The SMILES string of the molecule is CN(CC1CCOCC1)C(C)(CN)C1(C)CC1. The first kappa shape index (κ1) is 13.3. The normalized spacial score (nSPS) is 28.1. The van der Waals surface area contributed by atoms with Crippen molar-refractivity contribution in [1.82, 2.24) is 4.90 Å². The van der Waals surface area contributed by atoms with Crippen molar-refractivity contribution >= 4 is 0 Å². The van der Waals surface area contributed by atoms with E-state index in [1.807, 2.05) is 0 Å². The van der Waals surface area contributed by atoms with Gasteiger partial charge in [0.25, 0.3) is 0 Å². The lowest BCUT2D eigenvalue weighted by Crippen LogP contribution is -2.56. The summed E-state index contributed by atoms with van der Waals surface area (Å²) in [5.41, 5.74) is 6.69. The van der Waals surface area contributed by atoms with E-state index in [0.29, 0.717) is 5.41 Å². The Morgan fingerprint density at radius 3 is 2.41 bits per heavy atom. The Balaban J connectivity index is 1.94. The summed E-state index contributed by atoms with van der Waals surface area (Å²) in [7, 11) is 2.26. The molecular weight excluding hydrogens is 212 g/mol.